The van der Waals surface area contributed by atoms with Gasteiger partial charge in [-0.25, -0.2) is 18.1 Å². The largest absolute Gasteiger partial charge is 0.368 e. The summed E-state index contributed by atoms with van der Waals surface area (Å²) in [6.07, 6.45) is 1.72. The van der Waals surface area contributed by atoms with E-state index in [2.05, 4.69) is 42.4 Å². The fraction of sp³-hybridized carbons (Fsp3) is 0.250. The second-order valence-electron chi connectivity index (χ2n) is 12.7. The minimum Gasteiger partial charge on any atom is -0.368 e. The number of amides is 1. The van der Waals surface area contributed by atoms with E-state index in [1.54, 1.807) is 51.2 Å². The van der Waals surface area contributed by atoms with Crippen LogP contribution in [0.2, 0.25) is 0 Å². The number of piperazine rings is 1. The number of sulfonamides is 1. The Labute approximate surface area is 275 Å². The number of rotatable bonds is 8. The van der Waals surface area contributed by atoms with Gasteiger partial charge in [0.15, 0.2) is 0 Å². The number of aryl methyl sites for hydroxylation is 1. The number of nitrogens with one attached hydrogen (secondary N) is 3. The van der Waals surface area contributed by atoms with Crippen molar-refractivity contribution < 1.29 is 13.2 Å². The third kappa shape index (κ3) is 7.53. The summed E-state index contributed by atoms with van der Waals surface area (Å²) in [4.78, 5) is 26.9. The molecule has 0 bridgehead atoms. The van der Waals surface area contributed by atoms with E-state index < -0.39 is 15.6 Å². The van der Waals surface area contributed by atoms with E-state index in [1.807, 2.05) is 66.4 Å². The first kappa shape index (κ1) is 32.0. The molecule has 1 aromatic heterocycles. The van der Waals surface area contributed by atoms with Crippen LogP contribution in [0.15, 0.2) is 102 Å². The molecular formula is C36H39N7O3S. The molecule has 47 heavy (non-hydrogen) atoms. The van der Waals surface area contributed by atoms with Crippen molar-refractivity contribution in [1.82, 2.24) is 19.6 Å². The Hall–Kier alpha value is -5.00. The van der Waals surface area contributed by atoms with Gasteiger partial charge in [-0.05, 0) is 87.0 Å². The SMILES string of the molecule is Cc1cnc(Nc2ccc(N3CCN(C(=O)c4cccc5ccccc45)CC3)cc2)nc1Nc1cccc(S(=O)(=O)NC(C)(C)C)c1. The van der Waals surface area contributed by atoms with E-state index in [0.717, 1.165) is 46.4 Å². The summed E-state index contributed by atoms with van der Waals surface area (Å²) in [5, 5.41) is 8.56. The van der Waals surface area contributed by atoms with Crippen LogP contribution in [-0.4, -0.2) is 60.9 Å². The fourth-order valence-electron chi connectivity index (χ4n) is 5.60. The number of nitrogens with zero attached hydrogens (tertiary/aromatic N) is 4. The minimum absolute atomic E-state index is 0.0724. The standard InChI is InChI=1S/C36H39N7O3S/c1-25-24-37-35(40-33(25)38-28-11-8-12-30(23-28)47(45,46)41-36(2,3)4)39-27-15-17-29(18-16-27)42-19-21-43(22-20-42)34(44)32-14-7-10-26-9-5-6-13-31(26)32/h5-18,23-24,41H,19-22H2,1-4H3,(H2,37,38,39,40). The molecule has 2 heterocycles. The Kier molecular flexibility index (Phi) is 8.85. The van der Waals surface area contributed by atoms with Gasteiger partial charge in [0.25, 0.3) is 5.91 Å². The molecule has 4 aromatic carbocycles. The summed E-state index contributed by atoms with van der Waals surface area (Å²) >= 11 is 0. The van der Waals surface area contributed by atoms with Crippen LogP contribution in [0, 0.1) is 6.92 Å². The van der Waals surface area contributed by atoms with Crippen LogP contribution in [0.25, 0.3) is 10.8 Å². The zero-order valence-electron chi connectivity index (χ0n) is 27.0. The van der Waals surface area contributed by atoms with Gasteiger partial charge in [-0.3, -0.25) is 4.79 Å². The van der Waals surface area contributed by atoms with Crippen LogP contribution in [-0.2, 0) is 10.0 Å². The van der Waals surface area contributed by atoms with Gasteiger partial charge in [0, 0.05) is 66.1 Å². The van der Waals surface area contributed by atoms with Gasteiger partial charge in [-0.15, -0.1) is 0 Å². The number of anilines is 5. The molecule has 1 fully saturated rings. The van der Waals surface area contributed by atoms with Crippen molar-refractivity contribution >= 4 is 55.5 Å². The molecule has 11 heteroatoms. The van der Waals surface area contributed by atoms with Crippen LogP contribution < -0.4 is 20.3 Å². The summed E-state index contributed by atoms with van der Waals surface area (Å²) in [5.74, 6) is 1.04. The molecule has 0 spiro atoms. The first-order valence-corrected chi connectivity index (χ1v) is 17.1. The lowest BCUT2D eigenvalue weighted by molar-refractivity contribution is 0.0748. The minimum atomic E-state index is -3.69. The van der Waals surface area contributed by atoms with Gasteiger partial charge >= 0.3 is 0 Å². The van der Waals surface area contributed by atoms with E-state index in [4.69, 9.17) is 0 Å². The van der Waals surface area contributed by atoms with Crippen molar-refractivity contribution in [2.45, 2.75) is 38.1 Å². The number of fused-ring (bicyclic) bond motifs is 1. The lowest BCUT2D eigenvalue weighted by Crippen LogP contribution is -2.48. The van der Waals surface area contributed by atoms with Gasteiger partial charge in [-0.1, -0.05) is 42.5 Å². The molecule has 1 aliphatic rings. The molecule has 0 saturated carbocycles. The van der Waals surface area contributed by atoms with Gasteiger partial charge < -0.3 is 20.4 Å². The summed E-state index contributed by atoms with van der Waals surface area (Å²) in [5.41, 5.74) is 3.46. The number of carbonyl (C=O) groups is 1. The maximum Gasteiger partial charge on any atom is 0.254 e. The van der Waals surface area contributed by atoms with E-state index in [9.17, 15) is 13.2 Å². The van der Waals surface area contributed by atoms with Gasteiger partial charge in [-0.2, -0.15) is 4.98 Å². The summed E-state index contributed by atoms with van der Waals surface area (Å²) in [7, 11) is -3.69. The van der Waals surface area contributed by atoms with Gasteiger partial charge in [0.2, 0.25) is 16.0 Å². The number of benzene rings is 4. The number of carbonyl (C=O) groups excluding carboxylic acids is 1. The topological polar surface area (TPSA) is 120 Å². The predicted octanol–water partition coefficient (Wildman–Crippen LogP) is 6.46. The van der Waals surface area contributed by atoms with E-state index in [1.165, 1.54) is 0 Å². The molecule has 0 aliphatic carbocycles. The lowest BCUT2D eigenvalue weighted by atomic mass is 10.0. The van der Waals surface area contributed by atoms with Gasteiger partial charge in [0.1, 0.15) is 5.82 Å². The Balaban J connectivity index is 1.08. The molecule has 1 amide bonds. The van der Waals surface area contributed by atoms with E-state index in [0.29, 0.717) is 30.5 Å². The molecular weight excluding hydrogens is 611 g/mol. The molecule has 6 rings (SSSR count). The fourth-order valence-corrected chi connectivity index (χ4v) is 7.07. The summed E-state index contributed by atoms with van der Waals surface area (Å²) in [6, 6.07) is 28.6. The lowest BCUT2D eigenvalue weighted by Gasteiger charge is -2.36. The Morgan fingerprint density at radius 2 is 1.51 bits per heavy atom. The van der Waals surface area contributed by atoms with Crippen LogP contribution >= 0.6 is 0 Å². The maximum absolute atomic E-state index is 13.4. The van der Waals surface area contributed by atoms with Crippen molar-refractivity contribution in [1.29, 1.82) is 0 Å². The van der Waals surface area contributed by atoms with Crippen molar-refractivity contribution in [2.75, 3.05) is 41.7 Å². The van der Waals surface area contributed by atoms with Crippen molar-refractivity contribution in [2.24, 2.45) is 0 Å². The normalized spacial score (nSPS) is 13.9. The molecule has 242 valence electrons. The number of hydrogen-bond donors (Lipinski definition) is 3. The highest BCUT2D eigenvalue weighted by molar-refractivity contribution is 7.89. The quantitative estimate of drug-likeness (QED) is 0.175. The van der Waals surface area contributed by atoms with E-state index >= 15 is 0 Å². The Morgan fingerprint density at radius 1 is 0.809 bits per heavy atom. The zero-order valence-corrected chi connectivity index (χ0v) is 27.8. The van der Waals surface area contributed by atoms with Gasteiger partial charge in [0.05, 0.1) is 4.90 Å². The zero-order chi connectivity index (χ0) is 33.2. The van der Waals surface area contributed by atoms with Crippen LogP contribution in [0.4, 0.5) is 28.8 Å². The van der Waals surface area contributed by atoms with Crippen molar-refractivity contribution in [3.63, 3.8) is 0 Å². The first-order chi connectivity index (χ1) is 22.4. The molecule has 0 atom stereocenters. The smallest absolute Gasteiger partial charge is 0.254 e. The molecule has 5 aromatic rings. The second kappa shape index (κ2) is 13.0. The summed E-state index contributed by atoms with van der Waals surface area (Å²) in [6.45, 7) is 10.1. The molecule has 3 N–H and O–H groups in total. The second-order valence-corrected chi connectivity index (χ2v) is 14.4. The maximum atomic E-state index is 13.4. The first-order valence-electron chi connectivity index (χ1n) is 15.6. The molecule has 10 nitrogen and oxygen atoms in total. The third-order valence-electron chi connectivity index (χ3n) is 7.89. The highest BCUT2D eigenvalue weighted by atomic mass is 32.2. The average molecular weight is 650 g/mol. The average Bonchev–Trinajstić information content (AvgIpc) is 3.05. The third-order valence-corrected chi connectivity index (χ3v) is 9.65. The van der Waals surface area contributed by atoms with Crippen molar-refractivity contribution in [3.05, 3.63) is 108 Å². The van der Waals surface area contributed by atoms with Crippen LogP contribution in [0.1, 0.15) is 36.7 Å². The summed E-state index contributed by atoms with van der Waals surface area (Å²) < 4.78 is 28.4. The highest BCUT2D eigenvalue weighted by Gasteiger charge is 2.24. The monoisotopic (exact) mass is 649 g/mol. The highest BCUT2D eigenvalue weighted by Crippen LogP contribution is 2.26. The van der Waals surface area contributed by atoms with Crippen LogP contribution in [0.3, 0.4) is 0 Å². The van der Waals surface area contributed by atoms with Crippen LogP contribution in [0.5, 0.6) is 0 Å². The van der Waals surface area contributed by atoms with E-state index in [-0.39, 0.29) is 10.8 Å². The number of aromatic nitrogens is 2. The Morgan fingerprint density at radius 3 is 2.26 bits per heavy atom. The molecule has 1 saturated heterocycles. The van der Waals surface area contributed by atoms with Crippen molar-refractivity contribution in [3.8, 4) is 0 Å². The molecule has 1 aliphatic heterocycles. The number of hydrogen-bond acceptors (Lipinski definition) is 8. The Bertz CT molecular complexity index is 2010. The molecule has 0 unspecified atom stereocenters. The predicted molar refractivity (Wildman–Crippen MR) is 188 cm³/mol. The molecule has 0 radical (unpaired) electrons.